The second kappa shape index (κ2) is 6.42. The number of nitrogens with one attached hydrogen (secondary N) is 1. The third-order valence-corrected chi connectivity index (χ3v) is 3.44. The van der Waals surface area contributed by atoms with E-state index in [4.69, 9.17) is 10.2 Å². The first-order valence-electron chi connectivity index (χ1n) is 6.16. The molecular weight excluding hydrogens is 276 g/mol. The lowest BCUT2D eigenvalue weighted by Gasteiger charge is -2.02. The standard InChI is InChI=1S/C13H16N4O2S/c1-8(2)12-16-17-13(19-12)15-11(18)7-20-10-5-3-9(14)4-6-10/h3-6,8H,7,14H2,1-2H3,(H,15,17,18). The molecule has 0 saturated carbocycles. The molecule has 1 amide bonds. The molecule has 3 N–H and O–H groups in total. The number of thioether (sulfide) groups is 1. The Morgan fingerprint density at radius 3 is 2.65 bits per heavy atom. The number of carbonyl (C=O) groups is 1. The maximum absolute atomic E-state index is 11.7. The van der Waals surface area contributed by atoms with Gasteiger partial charge in [-0.05, 0) is 24.3 Å². The van der Waals surface area contributed by atoms with Crippen LogP contribution >= 0.6 is 11.8 Å². The lowest BCUT2D eigenvalue weighted by atomic mass is 10.2. The van der Waals surface area contributed by atoms with Crippen LogP contribution in [-0.2, 0) is 4.79 Å². The monoisotopic (exact) mass is 292 g/mol. The van der Waals surface area contributed by atoms with E-state index in [1.165, 1.54) is 11.8 Å². The molecule has 106 valence electrons. The summed E-state index contributed by atoms with van der Waals surface area (Å²) in [7, 11) is 0. The van der Waals surface area contributed by atoms with E-state index in [1.807, 2.05) is 26.0 Å². The summed E-state index contributed by atoms with van der Waals surface area (Å²) in [4.78, 5) is 12.7. The highest BCUT2D eigenvalue weighted by Crippen LogP contribution is 2.20. The Kier molecular flexibility index (Phi) is 4.62. The third kappa shape index (κ3) is 3.99. The fourth-order valence-corrected chi connectivity index (χ4v) is 2.09. The van der Waals surface area contributed by atoms with Crippen LogP contribution in [-0.4, -0.2) is 21.9 Å². The number of aromatic nitrogens is 2. The second-order valence-corrected chi connectivity index (χ2v) is 5.55. The van der Waals surface area contributed by atoms with Crippen molar-refractivity contribution < 1.29 is 9.21 Å². The van der Waals surface area contributed by atoms with Gasteiger partial charge in [0.2, 0.25) is 11.8 Å². The SMILES string of the molecule is CC(C)c1nnc(NC(=O)CSc2ccc(N)cc2)o1. The van der Waals surface area contributed by atoms with Gasteiger partial charge in [-0.25, -0.2) is 0 Å². The van der Waals surface area contributed by atoms with Crippen molar-refractivity contribution in [1.29, 1.82) is 0 Å². The summed E-state index contributed by atoms with van der Waals surface area (Å²) in [5.74, 6) is 0.720. The summed E-state index contributed by atoms with van der Waals surface area (Å²) in [6.45, 7) is 3.88. The topological polar surface area (TPSA) is 94.0 Å². The van der Waals surface area contributed by atoms with Gasteiger partial charge in [0.15, 0.2) is 0 Å². The first kappa shape index (κ1) is 14.4. The molecule has 7 heteroatoms. The Bertz CT molecular complexity index is 580. The summed E-state index contributed by atoms with van der Waals surface area (Å²) in [6.07, 6.45) is 0. The van der Waals surface area contributed by atoms with Crippen molar-refractivity contribution >= 4 is 29.4 Å². The summed E-state index contributed by atoms with van der Waals surface area (Å²) in [5.41, 5.74) is 6.30. The fourth-order valence-electron chi connectivity index (χ4n) is 1.39. The number of benzene rings is 1. The highest BCUT2D eigenvalue weighted by molar-refractivity contribution is 8.00. The molecular formula is C13H16N4O2S. The molecule has 0 aliphatic rings. The largest absolute Gasteiger partial charge is 0.408 e. The maximum Gasteiger partial charge on any atom is 0.322 e. The molecule has 0 bridgehead atoms. The van der Waals surface area contributed by atoms with Crippen LogP contribution in [0.5, 0.6) is 0 Å². The van der Waals surface area contributed by atoms with E-state index in [1.54, 1.807) is 12.1 Å². The van der Waals surface area contributed by atoms with E-state index >= 15 is 0 Å². The molecule has 1 aromatic heterocycles. The second-order valence-electron chi connectivity index (χ2n) is 4.51. The smallest absolute Gasteiger partial charge is 0.322 e. The van der Waals surface area contributed by atoms with Gasteiger partial charge in [0.1, 0.15) is 0 Å². The fraction of sp³-hybridized carbons (Fsp3) is 0.308. The molecule has 0 saturated heterocycles. The van der Waals surface area contributed by atoms with Crippen molar-refractivity contribution in [1.82, 2.24) is 10.2 Å². The first-order valence-corrected chi connectivity index (χ1v) is 7.14. The Balaban J connectivity index is 1.84. The van der Waals surface area contributed by atoms with Crippen molar-refractivity contribution in [2.24, 2.45) is 0 Å². The van der Waals surface area contributed by atoms with Crippen molar-refractivity contribution in [3.05, 3.63) is 30.2 Å². The van der Waals surface area contributed by atoms with Crippen LogP contribution in [0.1, 0.15) is 25.7 Å². The number of carbonyl (C=O) groups excluding carboxylic acids is 1. The first-order chi connectivity index (χ1) is 9.54. The number of nitrogens with two attached hydrogens (primary N) is 1. The minimum absolute atomic E-state index is 0.136. The minimum atomic E-state index is -0.189. The van der Waals surface area contributed by atoms with E-state index in [9.17, 15) is 4.79 Å². The zero-order valence-corrected chi connectivity index (χ0v) is 12.1. The van der Waals surface area contributed by atoms with Crippen LogP contribution < -0.4 is 11.1 Å². The lowest BCUT2D eigenvalue weighted by Crippen LogP contribution is -2.14. The predicted octanol–water partition coefficient (Wildman–Crippen LogP) is 2.51. The number of rotatable bonds is 5. The van der Waals surface area contributed by atoms with E-state index in [0.717, 1.165) is 4.90 Å². The summed E-state index contributed by atoms with van der Waals surface area (Å²) < 4.78 is 5.30. The zero-order valence-electron chi connectivity index (χ0n) is 11.3. The molecule has 0 fully saturated rings. The number of amides is 1. The van der Waals surface area contributed by atoms with Crippen LogP contribution in [0.4, 0.5) is 11.7 Å². The normalized spacial score (nSPS) is 10.8. The van der Waals surface area contributed by atoms with Gasteiger partial charge >= 0.3 is 6.01 Å². The molecule has 0 spiro atoms. The van der Waals surface area contributed by atoms with Gasteiger partial charge in [0.05, 0.1) is 5.75 Å². The number of nitrogen functional groups attached to an aromatic ring is 1. The number of hydrogen-bond acceptors (Lipinski definition) is 6. The van der Waals surface area contributed by atoms with Crippen LogP contribution in [0.3, 0.4) is 0 Å². The van der Waals surface area contributed by atoms with Crippen LogP contribution in [0.15, 0.2) is 33.6 Å². The quantitative estimate of drug-likeness (QED) is 0.649. The Hall–Kier alpha value is -2.02. The highest BCUT2D eigenvalue weighted by atomic mass is 32.2. The van der Waals surface area contributed by atoms with E-state index in [2.05, 4.69) is 15.5 Å². The average molecular weight is 292 g/mol. The number of anilines is 2. The lowest BCUT2D eigenvalue weighted by molar-refractivity contribution is -0.113. The van der Waals surface area contributed by atoms with Crippen LogP contribution in [0.2, 0.25) is 0 Å². The van der Waals surface area contributed by atoms with Gasteiger partial charge < -0.3 is 10.2 Å². The maximum atomic E-state index is 11.7. The van der Waals surface area contributed by atoms with Gasteiger partial charge in [-0.2, -0.15) is 0 Å². The molecule has 0 aliphatic carbocycles. The Morgan fingerprint density at radius 1 is 1.35 bits per heavy atom. The molecule has 0 atom stereocenters. The molecule has 1 heterocycles. The number of hydrogen-bond donors (Lipinski definition) is 2. The van der Waals surface area contributed by atoms with Crippen LogP contribution in [0, 0.1) is 0 Å². The van der Waals surface area contributed by atoms with Crippen molar-refractivity contribution in [2.45, 2.75) is 24.7 Å². The van der Waals surface area contributed by atoms with Gasteiger partial charge in [-0.15, -0.1) is 16.9 Å². The molecule has 0 unspecified atom stereocenters. The molecule has 0 aliphatic heterocycles. The van der Waals surface area contributed by atoms with Gasteiger partial charge in [-0.1, -0.05) is 18.9 Å². The van der Waals surface area contributed by atoms with E-state index in [-0.39, 0.29) is 23.6 Å². The molecule has 20 heavy (non-hydrogen) atoms. The predicted molar refractivity (Wildman–Crippen MR) is 78.6 cm³/mol. The summed E-state index contributed by atoms with van der Waals surface area (Å²) in [6, 6.07) is 7.48. The molecule has 2 aromatic rings. The van der Waals surface area contributed by atoms with Gasteiger partial charge in [0, 0.05) is 16.5 Å². The molecule has 1 aromatic carbocycles. The minimum Gasteiger partial charge on any atom is -0.408 e. The molecule has 6 nitrogen and oxygen atoms in total. The molecule has 2 rings (SSSR count). The van der Waals surface area contributed by atoms with Crippen LogP contribution in [0.25, 0.3) is 0 Å². The van der Waals surface area contributed by atoms with E-state index in [0.29, 0.717) is 11.6 Å². The summed E-state index contributed by atoms with van der Waals surface area (Å²) in [5, 5.41) is 10.2. The Morgan fingerprint density at radius 2 is 2.05 bits per heavy atom. The van der Waals surface area contributed by atoms with E-state index < -0.39 is 0 Å². The van der Waals surface area contributed by atoms with Gasteiger partial charge in [0.25, 0.3) is 0 Å². The van der Waals surface area contributed by atoms with Crippen molar-refractivity contribution in [3.63, 3.8) is 0 Å². The molecule has 0 radical (unpaired) electrons. The zero-order chi connectivity index (χ0) is 14.5. The third-order valence-electron chi connectivity index (χ3n) is 2.43. The van der Waals surface area contributed by atoms with Gasteiger partial charge in [-0.3, -0.25) is 10.1 Å². The summed E-state index contributed by atoms with van der Waals surface area (Å²) >= 11 is 1.41. The van der Waals surface area contributed by atoms with Crippen molar-refractivity contribution in [3.8, 4) is 0 Å². The number of nitrogens with zero attached hydrogens (tertiary/aromatic N) is 2. The van der Waals surface area contributed by atoms with Crippen molar-refractivity contribution in [2.75, 3.05) is 16.8 Å². The average Bonchev–Trinajstić information content (AvgIpc) is 2.87. The Labute approximate surface area is 121 Å². The highest BCUT2D eigenvalue weighted by Gasteiger charge is 2.12.